The monoisotopic (exact) mass is 566 g/mol. The number of amides is 1. The Balaban J connectivity index is 1.41. The molecule has 0 aliphatic rings. The van der Waals surface area contributed by atoms with Crippen molar-refractivity contribution >= 4 is 11.9 Å². The van der Waals surface area contributed by atoms with Gasteiger partial charge in [-0.1, -0.05) is 44.1 Å². The lowest BCUT2D eigenvalue weighted by atomic mass is 10.1. The van der Waals surface area contributed by atoms with Gasteiger partial charge in [-0.3, -0.25) is 4.79 Å². The van der Waals surface area contributed by atoms with E-state index in [1.165, 1.54) is 12.1 Å². The fourth-order valence-electron chi connectivity index (χ4n) is 3.63. The van der Waals surface area contributed by atoms with E-state index in [1.807, 2.05) is 39.8 Å². The lowest BCUT2D eigenvalue weighted by Gasteiger charge is -2.13. The van der Waals surface area contributed by atoms with E-state index < -0.39 is 30.0 Å². The van der Waals surface area contributed by atoms with Crippen molar-refractivity contribution in [3.63, 3.8) is 0 Å². The number of carbonyl (C=O) groups excluding carboxylic acids is 2. The molecule has 2 aromatic heterocycles. The number of hydrogen-bond acceptors (Lipinski definition) is 11. The van der Waals surface area contributed by atoms with Crippen molar-refractivity contribution in [2.45, 2.75) is 58.7 Å². The first-order valence-electron chi connectivity index (χ1n) is 13.2. The zero-order chi connectivity index (χ0) is 29.5. The van der Waals surface area contributed by atoms with E-state index in [4.69, 9.17) is 24.3 Å². The summed E-state index contributed by atoms with van der Waals surface area (Å²) in [6, 6.07) is 11.0. The normalized spacial score (nSPS) is 12.7. The summed E-state index contributed by atoms with van der Waals surface area (Å²) < 4.78 is 36.4. The van der Waals surface area contributed by atoms with Gasteiger partial charge in [0.2, 0.25) is 17.5 Å². The number of benzene rings is 2. The van der Waals surface area contributed by atoms with E-state index >= 15 is 0 Å². The summed E-state index contributed by atoms with van der Waals surface area (Å²) in [6.07, 6.45) is -0.878. The Morgan fingerprint density at radius 2 is 1.61 bits per heavy atom. The molecule has 1 unspecified atom stereocenters. The highest BCUT2D eigenvalue weighted by molar-refractivity contribution is 5.97. The maximum Gasteiger partial charge on any atom is 0.343 e. The molecule has 0 aliphatic carbocycles. The second-order valence-corrected chi connectivity index (χ2v) is 9.42. The summed E-state index contributed by atoms with van der Waals surface area (Å²) in [7, 11) is 0. The largest absolute Gasteiger partial charge is 0.481 e. The van der Waals surface area contributed by atoms with E-state index in [9.17, 15) is 14.0 Å². The standard InChI is InChI=1S/C28H31FN6O6/c1-5-13-38-28(37)22(30)31-25(36)19-12-9-17(14-20(19)29)24-33-27(41-35-24)21(6-2)39-18-10-7-16(8-11-18)23-32-26(15(3)4)40-34-23/h7-12,14-15,21-22H,5-6,13,30H2,1-4H3,(H,31,36)/t21?,22-/m1/s1. The smallest absolute Gasteiger partial charge is 0.343 e. The second kappa shape index (κ2) is 13.1. The summed E-state index contributed by atoms with van der Waals surface area (Å²) in [5, 5.41) is 10.2. The molecular formula is C28H31FN6O6. The molecule has 2 atom stereocenters. The molecule has 12 nitrogen and oxygen atoms in total. The first-order chi connectivity index (χ1) is 19.7. The fourth-order valence-corrected chi connectivity index (χ4v) is 3.63. The number of rotatable bonds is 12. The molecule has 3 N–H and O–H groups in total. The molecule has 13 heteroatoms. The fraction of sp³-hybridized carbons (Fsp3) is 0.357. The number of aromatic nitrogens is 4. The average Bonchev–Trinajstić information content (AvgIpc) is 3.66. The van der Waals surface area contributed by atoms with Crippen molar-refractivity contribution in [2.75, 3.05) is 6.61 Å². The maximum atomic E-state index is 14.8. The summed E-state index contributed by atoms with van der Waals surface area (Å²) in [6.45, 7) is 7.82. The molecule has 1 amide bonds. The van der Waals surface area contributed by atoms with E-state index in [0.717, 1.165) is 11.6 Å². The second-order valence-electron chi connectivity index (χ2n) is 9.42. The molecular weight excluding hydrogens is 535 g/mol. The Labute approximate surface area is 235 Å². The van der Waals surface area contributed by atoms with Crippen LogP contribution in [0.4, 0.5) is 4.39 Å². The van der Waals surface area contributed by atoms with E-state index in [-0.39, 0.29) is 35.4 Å². The molecule has 0 fully saturated rings. The number of esters is 1. The van der Waals surface area contributed by atoms with Crippen LogP contribution in [0.2, 0.25) is 0 Å². The molecule has 0 saturated heterocycles. The van der Waals surface area contributed by atoms with Crippen molar-refractivity contribution in [1.82, 2.24) is 25.6 Å². The number of nitrogens with two attached hydrogens (primary N) is 1. The number of carbonyl (C=O) groups is 2. The van der Waals surface area contributed by atoms with Gasteiger partial charge >= 0.3 is 5.97 Å². The van der Waals surface area contributed by atoms with Crippen molar-refractivity contribution < 1.29 is 32.5 Å². The van der Waals surface area contributed by atoms with Gasteiger partial charge in [0.25, 0.3) is 11.8 Å². The van der Waals surface area contributed by atoms with E-state index in [0.29, 0.717) is 30.3 Å². The highest BCUT2D eigenvalue weighted by Crippen LogP contribution is 2.28. The minimum atomic E-state index is -1.42. The van der Waals surface area contributed by atoms with Crippen LogP contribution in [0.25, 0.3) is 22.8 Å². The molecule has 0 bridgehead atoms. The molecule has 2 aromatic carbocycles. The molecule has 216 valence electrons. The van der Waals surface area contributed by atoms with Gasteiger partial charge in [-0.25, -0.2) is 9.18 Å². The van der Waals surface area contributed by atoms with Crippen molar-refractivity contribution in [3.05, 3.63) is 65.6 Å². The van der Waals surface area contributed by atoms with Gasteiger partial charge in [-0.15, -0.1) is 0 Å². The Morgan fingerprint density at radius 3 is 2.22 bits per heavy atom. The van der Waals surface area contributed by atoms with E-state index in [2.05, 4.69) is 25.6 Å². The van der Waals surface area contributed by atoms with Crippen LogP contribution >= 0.6 is 0 Å². The maximum absolute atomic E-state index is 14.8. The van der Waals surface area contributed by atoms with Gasteiger partial charge < -0.3 is 29.6 Å². The van der Waals surface area contributed by atoms with Crippen molar-refractivity contribution in [2.24, 2.45) is 5.73 Å². The number of halogens is 1. The minimum Gasteiger partial charge on any atom is -0.481 e. The quantitative estimate of drug-likeness (QED) is 0.182. The van der Waals surface area contributed by atoms with Gasteiger partial charge in [0, 0.05) is 17.0 Å². The summed E-state index contributed by atoms with van der Waals surface area (Å²) in [4.78, 5) is 33.0. The van der Waals surface area contributed by atoms with Crippen molar-refractivity contribution in [3.8, 4) is 28.5 Å². The summed E-state index contributed by atoms with van der Waals surface area (Å²) in [5.74, 6) is -0.486. The third-order valence-corrected chi connectivity index (χ3v) is 5.88. The first-order valence-corrected chi connectivity index (χ1v) is 13.2. The number of hydrogen-bond donors (Lipinski definition) is 2. The van der Waals surface area contributed by atoms with Crippen LogP contribution in [-0.2, 0) is 9.53 Å². The first kappa shape index (κ1) is 29.3. The van der Waals surface area contributed by atoms with Gasteiger partial charge in [0.05, 0.1) is 12.2 Å². The number of nitrogens with zero attached hydrogens (tertiary/aromatic N) is 4. The third kappa shape index (κ3) is 7.11. The van der Waals surface area contributed by atoms with E-state index in [1.54, 1.807) is 12.1 Å². The lowest BCUT2D eigenvalue weighted by molar-refractivity contribution is -0.145. The van der Waals surface area contributed by atoms with Crippen LogP contribution in [0.5, 0.6) is 5.75 Å². The zero-order valence-corrected chi connectivity index (χ0v) is 23.1. The number of ether oxygens (including phenoxy) is 2. The highest BCUT2D eigenvalue weighted by atomic mass is 19.1. The summed E-state index contributed by atoms with van der Waals surface area (Å²) in [5.41, 5.74) is 6.37. The third-order valence-electron chi connectivity index (χ3n) is 5.88. The highest BCUT2D eigenvalue weighted by Gasteiger charge is 2.23. The van der Waals surface area contributed by atoms with Crippen molar-refractivity contribution in [1.29, 1.82) is 0 Å². The van der Waals surface area contributed by atoms with Gasteiger partial charge in [-0.2, -0.15) is 9.97 Å². The SMILES string of the molecule is CCCOC(=O)[C@H](N)NC(=O)c1ccc(-c2noc(C(CC)Oc3ccc(-c4noc(C(C)C)n4)cc3)n2)cc1F. The molecule has 0 aliphatic heterocycles. The molecule has 41 heavy (non-hydrogen) atoms. The molecule has 4 aromatic rings. The molecule has 4 rings (SSSR count). The van der Waals surface area contributed by atoms with Crippen LogP contribution in [0.1, 0.15) is 74.7 Å². The topological polar surface area (TPSA) is 168 Å². The predicted octanol–water partition coefficient (Wildman–Crippen LogP) is 4.55. The Kier molecular flexibility index (Phi) is 9.40. The Morgan fingerprint density at radius 1 is 0.976 bits per heavy atom. The molecule has 0 saturated carbocycles. The van der Waals surface area contributed by atoms with Crippen LogP contribution in [0, 0.1) is 5.82 Å². The Bertz CT molecular complexity index is 1490. The van der Waals surface area contributed by atoms with Gasteiger partial charge in [0.1, 0.15) is 11.6 Å². The zero-order valence-electron chi connectivity index (χ0n) is 23.1. The Hall–Kier alpha value is -4.65. The molecule has 0 spiro atoms. The van der Waals surface area contributed by atoms with Crippen LogP contribution in [-0.4, -0.2) is 44.9 Å². The van der Waals surface area contributed by atoms with Gasteiger partial charge in [0.15, 0.2) is 12.3 Å². The lowest BCUT2D eigenvalue weighted by Crippen LogP contribution is -2.48. The average molecular weight is 567 g/mol. The van der Waals surface area contributed by atoms with Crippen LogP contribution < -0.4 is 15.8 Å². The number of nitrogens with one attached hydrogen (secondary N) is 1. The summed E-state index contributed by atoms with van der Waals surface area (Å²) >= 11 is 0. The molecule has 2 heterocycles. The predicted molar refractivity (Wildman–Crippen MR) is 144 cm³/mol. The minimum absolute atomic E-state index is 0.112. The van der Waals surface area contributed by atoms with Gasteiger partial charge in [-0.05, 0) is 49.2 Å². The van der Waals surface area contributed by atoms with Crippen LogP contribution in [0.3, 0.4) is 0 Å². The molecule has 0 radical (unpaired) electrons. The van der Waals surface area contributed by atoms with Crippen LogP contribution in [0.15, 0.2) is 51.5 Å².